The molecule has 0 aliphatic carbocycles. The van der Waals surface area contributed by atoms with Gasteiger partial charge in [0, 0.05) is 6.07 Å². The molecule has 1 fully saturated rings. The summed E-state index contributed by atoms with van der Waals surface area (Å²) < 4.78 is 4.80. The van der Waals surface area contributed by atoms with Crippen molar-refractivity contribution in [2.75, 3.05) is 13.1 Å². The molecule has 2 heterocycles. The van der Waals surface area contributed by atoms with E-state index >= 15 is 0 Å². The van der Waals surface area contributed by atoms with Crippen molar-refractivity contribution < 1.29 is 4.52 Å². The van der Waals surface area contributed by atoms with Crippen LogP contribution in [0.25, 0.3) is 0 Å². The van der Waals surface area contributed by atoms with Gasteiger partial charge in [0.15, 0.2) is 0 Å². The van der Waals surface area contributed by atoms with Crippen LogP contribution in [0.2, 0.25) is 5.22 Å². The van der Waals surface area contributed by atoms with E-state index in [4.69, 9.17) is 16.1 Å². The summed E-state index contributed by atoms with van der Waals surface area (Å²) in [6.45, 7) is 2.24. The maximum absolute atomic E-state index is 5.63. The van der Waals surface area contributed by atoms with Crippen LogP contribution >= 0.6 is 11.6 Å². The highest BCUT2D eigenvalue weighted by Gasteiger charge is 2.15. The number of rotatable bonds is 2. The molecule has 1 aliphatic rings. The Morgan fingerprint density at radius 1 is 1.69 bits per heavy atom. The summed E-state index contributed by atoms with van der Waals surface area (Å²) in [5, 5.41) is 7.63. The second-order valence-corrected chi connectivity index (χ2v) is 3.91. The largest absolute Gasteiger partial charge is 0.344 e. The fraction of sp³-hybridized carbons (Fsp3) is 0.667. The molecule has 3 nitrogen and oxygen atoms in total. The van der Waals surface area contributed by atoms with Gasteiger partial charge in [0.2, 0.25) is 5.22 Å². The lowest BCUT2D eigenvalue weighted by Crippen LogP contribution is -2.30. The molecule has 0 saturated carbocycles. The molecule has 0 spiro atoms. The number of hydrogen-bond donors (Lipinski definition) is 1. The fourth-order valence-electron chi connectivity index (χ4n) is 1.78. The SMILES string of the molecule is Clc1cc(CC2CCCNC2)no1. The quantitative estimate of drug-likeness (QED) is 0.792. The Morgan fingerprint density at radius 3 is 3.23 bits per heavy atom. The van der Waals surface area contributed by atoms with Gasteiger partial charge in [-0.15, -0.1) is 0 Å². The standard InChI is InChI=1S/C9H13ClN2O/c10-9-5-8(12-13-9)4-7-2-1-3-11-6-7/h5,7,11H,1-4,6H2. The minimum absolute atomic E-state index is 0.388. The number of nitrogens with zero attached hydrogens (tertiary/aromatic N) is 1. The Kier molecular flexibility index (Phi) is 2.86. The lowest BCUT2D eigenvalue weighted by atomic mass is 9.95. The molecule has 13 heavy (non-hydrogen) atoms. The first kappa shape index (κ1) is 9.03. The summed E-state index contributed by atoms with van der Waals surface area (Å²) in [5.41, 5.74) is 0.971. The topological polar surface area (TPSA) is 38.1 Å². The Bertz CT molecular complexity index is 268. The van der Waals surface area contributed by atoms with Crippen LogP contribution in [-0.4, -0.2) is 18.2 Å². The predicted molar refractivity (Wildman–Crippen MR) is 50.8 cm³/mol. The van der Waals surface area contributed by atoms with Crippen LogP contribution in [0, 0.1) is 5.92 Å². The van der Waals surface area contributed by atoms with Crippen molar-refractivity contribution in [2.45, 2.75) is 19.3 Å². The van der Waals surface area contributed by atoms with Gasteiger partial charge in [0.25, 0.3) is 0 Å². The first-order valence-corrected chi connectivity index (χ1v) is 5.04. The van der Waals surface area contributed by atoms with Crippen molar-refractivity contribution in [1.29, 1.82) is 0 Å². The maximum atomic E-state index is 5.63. The van der Waals surface area contributed by atoms with Crippen LogP contribution in [-0.2, 0) is 6.42 Å². The van der Waals surface area contributed by atoms with Gasteiger partial charge in [-0.3, -0.25) is 0 Å². The zero-order valence-electron chi connectivity index (χ0n) is 7.42. The first-order chi connectivity index (χ1) is 6.34. The lowest BCUT2D eigenvalue weighted by molar-refractivity contribution is 0.359. The maximum Gasteiger partial charge on any atom is 0.226 e. The highest BCUT2D eigenvalue weighted by molar-refractivity contribution is 6.28. The molecule has 72 valence electrons. The van der Waals surface area contributed by atoms with Gasteiger partial charge < -0.3 is 9.84 Å². The van der Waals surface area contributed by atoms with Gasteiger partial charge in [-0.1, -0.05) is 5.16 Å². The Labute approximate surface area is 82.4 Å². The molecule has 2 rings (SSSR count). The summed E-state index contributed by atoms with van der Waals surface area (Å²) in [7, 11) is 0. The van der Waals surface area contributed by atoms with Gasteiger partial charge in [0.05, 0.1) is 5.69 Å². The van der Waals surface area contributed by atoms with Crippen LogP contribution in [0.4, 0.5) is 0 Å². The van der Waals surface area contributed by atoms with Crippen LogP contribution in [0.5, 0.6) is 0 Å². The highest BCUT2D eigenvalue weighted by Crippen LogP contribution is 2.17. The van der Waals surface area contributed by atoms with E-state index in [0.29, 0.717) is 11.1 Å². The fourth-order valence-corrected chi connectivity index (χ4v) is 1.94. The van der Waals surface area contributed by atoms with Crippen molar-refractivity contribution >= 4 is 11.6 Å². The van der Waals surface area contributed by atoms with E-state index in [0.717, 1.165) is 25.2 Å². The number of halogens is 1. The van der Waals surface area contributed by atoms with Crippen molar-refractivity contribution in [3.05, 3.63) is 17.0 Å². The van der Waals surface area contributed by atoms with Crippen molar-refractivity contribution in [2.24, 2.45) is 5.92 Å². The first-order valence-electron chi connectivity index (χ1n) is 4.66. The summed E-state index contributed by atoms with van der Waals surface area (Å²) in [4.78, 5) is 0. The third-order valence-corrected chi connectivity index (χ3v) is 2.61. The molecule has 0 aromatic carbocycles. The molecule has 1 atom stereocenters. The van der Waals surface area contributed by atoms with Gasteiger partial charge in [-0.25, -0.2) is 0 Å². The molecule has 1 aromatic rings. The minimum atomic E-state index is 0.388. The molecular formula is C9H13ClN2O. The minimum Gasteiger partial charge on any atom is -0.344 e. The number of piperidine rings is 1. The molecule has 4 heteroatoms. The zero-order chi connectivity index (χ0) is 9.10. The van der Waals surface area contributed by atoms with E-state index in [9.17, 15) is 0 Å². The molecule has 1 aromatic heterocycles. The Balaban J connectivity index is 1.89. The average molecular weight is 201 g/mol. The molecule has 1 N–H and O–H groups in total. The van der Waals surface area contributed by atoms with E-state index in [2.05, 4.69) is 10.5 Å². The lowest BCUT2D eigenvalue weighted by Gasteiger charge is -2.21. The van der Waals surface area contributed by atoms with Crippen molar-refractivity contribution in [3.63, 3.8) is 0 Å². The van der Waals surface area contributed by atoms with Gasteiger partial charge in [-0.2, -0.15) is 0 Å². The second kappa shape index (κ2) is 4.11. The number of hydrogen-bond acceptors (Lipinski definition) is 3. The van der Waals surface area contributed by atoms with E-state index < -0.39 is 0 Å². The summed E-state index contributed by atoms with van der Waals surface area (Å²) in [6, 6.07) is 1.80. The van der Waals surface area contributed by atoms with Crippen molar-refractivity contribution in [3.8, 4) is 0 Å². The summed E-state index contributed by atoms with van der Waals surface area (Å²) >= 11 is 5.63. The molecule has 0 amide bonds. The van der Waals surface area contributed by atoms with Crippen LogP contribution in [0.15, 0.2) is 10.6 Å². The van der Waals surface area contributed by atoms with Crippen LogP contribution in [0.1, 0.15) is 18.5 Å². The van der Waals surface area contributed by atoms with E-state index in [1.54, 1.807) is 6.07 Å². The van der Waals surface area contributed by atoms with Crippen LogP contribution in [0.3, 0.4) is 0 Å². The molecule has 1 aliphatic heterocycles. The molecule has 1 unspecified atom stereocenters. The molecular weight excluding hydrogens is 188 g/mol. The smallest absolute Gasteiger partial charge is 0.226 e. The molecule has 0 bridgehead atoms. The van der Waals surface area contributed by atoms with E-state index in [-0.39, 0.29) is 0 Å². The predicted octanol–water partition coefficient (Wildman–Crippen LogP) is 1.87. The van der Waals surface area contributed by atoms with Gasteiger partial charge in [0.1, 0.15) is 0 Å². The molecule has 0 radical (unpaired) electrons. The summed E-state index contributed by atoms with van der Waals surface area (Å²) in [6.07, 6.45) is 3.51. The Morgan fingerprint density at radius 2 is 2.62 bits per heavy atom. The van der Waals surface area contributed by atoms with E-state index in [1.165, 1.54) is 12.8 Å². The highest BCUT2D eigenvalue weighted by atomic mass is 35.5. The third kappa shape index (κ3) is 2.45. The van der Waals surface area contributed by atoms with Gasteiger partial charge >= 0.3 is 0 Å². The monoisotopic (exact) mass is 200 g/mol. The average Bonchev–Trinajstić information content (AvgIpc) is 2.53. The molecule has 1 saturated heterocycles. The van der Waals surface area contributed by atoms with Crippen LogP contribution < -0.4 is 5.32 Å². The number of aromatic nitrogens is 1. The summed E-state index contributed by atoms with van der Waals surface area (Å²) in [5.74, 6) is 0.690. The van der Waals surface area contributed by atoms with Gasteiger partial charge in [-0.05, 0) is 49.9 Å². The van der Waals surface area contributed by atoms with Crippen molar-refractivity contribution in [1.82, 2.24) is 10.5 Å². The van der Waals surface area contributed by atoms with E-state index in [1.807, 2.05) is 0 Å². The number of nitrogens with one attached hydrogen (secondary N) is 1. The Hall–Kier alpha value is -0.540. The third-order valence-electron chi connectivity index (χ3n) is 2.43. The zero-order valence-corrected chi connectivity index (χ0v) is 8.18. The second-order valence-electron chi connectivity index (χ2n) is 3.54. The normalized spacial score (nSPS) is 23.3.